The van der Waals surface area contributed by atoms with Gasteiger partial charge in [0, 0.05) is 29.2 Å². The zero-order chi connectivity index (χ0) is 22.1. The molecule has 1 N–H and O–H groups in total. The highest BCUT2D eigenvalue weighted by Crippen LogP contribution is 2.31. The maximum Gasteiger partial charge on any atom is 0.354 e. The topological polar surface area (TPSA) is 60.0 Å². The third-order valence-corrected chi connectivity index (χ3v) is 5.50. The maximum atomic E-state index is 13.2. The number of aromatic carboxylic acids is 1. The third kappa shape index (κ3) is 3.78. The number of carbonyl (C=O) groups is 1. The van der Waals surface area contributed by atoms with Crippen LogP contribution in [0.1, 0.15) is 21.6 Å². The van der Waals surface area contributed by atoms with Crippen LogP contribution in [-0.4, -0.2) is 25.4 Å². The zero-order valence-corrected chi connectivity index (χ0v) is 17.1. The second-order valence-corrected chi connectivity index (χ2v) is 7.68. The van der Waals surface area contributed by atoms with Crippen LogP contribution in [0.5, 0.6) is 0 Å². The molecular formula is C26H20FN3O2. The molecule has 0 saturated heterocycles. The number of hydrogen-bond donors (Lipinski definition) is 1. The minimum Gasteiger partial charge on any atom is -0.477 e. The van der Waals surface area contributed by atoms with Gasteiger partial charge in [-0.15, -0.1) is 0 Å². The summed E-state index contributed by atoms with van der Waals surface area (Å²) in [4.78, 5) is 11.9. The first-order valence-electron chi connectivity index (χ1n) is 10.3. The van der Waals surface area contributed by atoms with E-state index in [0.717, 1.165) is 22.0 Å². The van der Waals surface area contributed by atoms with E-state index in [1.54, 1.807) is 18.2 Å². The lowest BCUT2D eigenvalue weighted by Gasteiger charge is -2.05. The second kappa shape index (κ2) is 8.15. The minimum absolute atomic E-state index is 0.0872. The Morgan fingerprint density at radius 3 is 2.31 bits per heavy atom. The molecule has 5 rings (SSSR count). The number of carboxylic acid groups (broad SMARTS) is 1. The number of halogens is 1. The molecule has 0 spiro atoms. The Hall–Kier alpha value is -4.19. The van der Waals surface area contributed by atoms with Gasteiger partial charge in [0.15, 0.2) is 0 Å². The lowest BCUT2D eigenvalue weighted by Crippen LogP contribution is -2.10. The van der Waals surface area contributed by atoms with Crippen molar-refractivity contribution in [2.75, 3.05) is 0 Å². The predicted octanol–water partition coefficient (Wildman–Crippen LogP) is 5.44. The molecule has 5 aromatic rings. The van der Waals surface area contributed by atoms with E-state index in [1.807, 2.05) is 42.6 Å². The van der Waals surface area contributed by atoms with E-state index in [0.29, 0.717) is 12.2 Å². The number of rotatable bonds is 6. The monoisotopic (exact) mass is 425 g/mol. The molecule has 0 aliphatic carbocycles. The Morgan fingerprint density at radius 1 is 0.875 bits per heavy atom. The largest absolute Gasteiger partial charge is 0.477 e. The number of nitrogens with zero attached hydrogens (tertiary/aromatic N) is 3. The molecule has 6 heteroatoms. The summed E-state index contributed by atoms with van der Waals surface area (Å²) in [5.74, 6) is -1.39. The van der Waals surface area contributed by atoms with Gasteiger partial charge in [0.05, 0.1) is 12.2 Å². The molecular weight excluding hydrogens is 405 g/mol. The van der Waals surface area contributed by atoms with Crippen LogP contribution in [0.15, 0.2) is 91.1 Å². The molecule has 0 aliphatic heterocycles. The van der Waals surface area contributed by atoms with Crippen molar-refractivity contribution in [1.29, 1.82) is 0 Å². The van der Waals surface area contributed by atoms with E-state index < -0.39 is 5.97 Å². The molecule has 0 saturated carbocycles. The molecule has 0 fully saturated rings. The minimum atomic E-state index is -1.06. The lowest BCUT2D eigenvalue weighted by molar-refractivity contribution is 0.0684. The summed E-state index contributed by atoms with van der Waals surface area (Å²) >= 11 is 0. The van der Waals surface area contributed by atoms with Crippen molar-refractivity contribution in [3.8, 4) is 11.3 Å². The van der Waals surface area contributed by atoms with Crippen molar-refractivity contribution in [3.63, 3.8) is 0 Å². The lowest BCUT2D eigenvalue weighted by atomic mass is 10.1. The molecule has 0 radical (unpaired) electrons. The number of carboxylic acids is 1. The van der Waals surface area contributed by atoms with Crippen LogP contribution >= 0.6 is 0 Å². The fourth-order valence-corrected chi connectivity index (χ4v) is 3.97. The molecule has 0 amide bonds. The molecule has 2 aromatic heterocycles. The van der Waals surface area contributed by atoms with E-state index in [2.05, 4.69) is 27.9 Å². The molecule has 0 unspecified atom stereocenters. The average molecular weight is 425 g/mol. The van der Waals surface area contributed by atoms with Crippen LogP contribution in [0, 0.1) is 5.82 Å². The Kier molecular flexibility index (Phi) is 5.03. The van der Waals surface area contributed by atoms with Gasteiger partial charge in [-0.1, -0.05) is 60.7 Å². The van der Waals surface area contributed by atoms with Crippen molar-refractivity contribution in [2.45, 2.75) is 13.1 Å². The summed E-state index contributed by atoms with van der Waals surface area (Å²) in [5, 5.41) is 15.4. The fraction of sp³-hybridized carbons (Fsp3) is 0.0769. The third-order valence-electron chi connectivity index (χ3n) is 5.50. The highest BCUT2D eigenvalue weighted by atomic mass is 19.1. The van der Waals surface area contributed by atoms with E-state index in [4.69, 9.17) is 0 Å². The van der Waals surface area contributed by atoms with Crippen molar-refractivity contribution < 1.29 is 14.3 Å². The second-order valence-electron chi connectivity index (χ2n) is 7.68. The highest BCUT2D eigenvalue weighted by Gasteiger charge is 2.19. The van der Waals surface area contributed by atoms with Crippen LogP contribution < -0.4 is 0 Å². The Labute approximate surface area is 184 Å². The van der Waals surface area contributed by atoms with Gasteiger partial charge in [0.25, 0.3) is 0 Å². The molecule has 5 nitrogen and oxygen atoms in total. The molecule has 3 aromatic carbocycles. The van der Waals surface area contributed by atoms with E-state index in [-0.39, 0.29) is 18.1 Å². The summed E-state index contributed by atoms with van der Waals surface area (Å²) in [5.41, 5.74) is 4.55. The normalized spacial score (nSPS) is 11.2. The number of benzene rings is 3. The Bertz CT molecular complexity index is 1400. The Balaban J connectivity index is 1.58. The number of aromatic nitrogens is 3. The summed E-state index contributed by atoms with van der Waals surface area (Å²) in [7, 11) is 0. The van der Waals surface area contributed by atoms with Crippen molar-refractivity contribution in [2.24, 2.45) is 0 Å². The molecule has 2 heterocycles. The predicted molar refractivity (Wildman–Crippen MR) is 121 cm³/mol. The maximum absolute atomic E-state index is 13.2. The summed E-state index contributed by atoms with van der Waals surface area (Å²) in [6, 6.07) is 25.8. The van der Waals surface area contributed by atoms with Gasteiger partial charge in [-0.2, -0.15) is 5.10 Å². The van der Waals surface area contributed by atoms with Crippen LogP contribution in [0.3, 0.4) is 0 Å². The van der Waals surface area contributed by atoms with Crippen molar-refractivity contribution in [3.05, 3.63) is 114 Å². The van der Waals surface area contributed by atoms with Gasteiger partial charge >= 0.3 is 5.97 Å². The molecule has 0 aliphatic rings. The highest BCUT2D eigenvalue weighted by molar-refractivity contribution is 5.96. The summed E-state index contributed by atoms with van der Waals surface area (Å²) in [6.07, 6.45) is 2.02. The van der Waals surface area contributed by atoms with Gasteiger partial charge in [-0.25, -0.2) is 9.18 Å². The molecule has 0 atom stereocenters. The van der Waals surface area contributed by atoms with Gasteiger partial charge < -0.3 is 9.67 Å². The smallest absolute Gasteiger partial charge is 0.354 e. The molecule has 158 valence electrons. The van der Waals surface area contributed by atoms with E-state index >= 15 is 0 Å². The SMILES string of the molecule is O=C(O)c1cc(-c2cn(Cc3ccccc3)c3ccccc23)nn1Cc1ccc(F)cc1. The van der Waals surface area contributed by atoms with Crippen LogP contribution in [0.25, 0.3) is 22.2 Å². The quantitative estimate of drug-likeness (QED) is 0.394. The summed E-state index contributed by atoms with van der Waals surface area (Å²) < 4.78 is 16.9. The zero-order valence-electron chi connectivity index (χ0n) is 17.1. The standard InChI is InChI=1S/C26H20FN3O2/c27-20-12-10-19(11-13-20)16-30-25(26(31)32)14-23(28-30)22-17-29(15-18-6-2-1-3-7-18)24-9-5-4-8-21(22)24/h1-14,17H,15-16H2,(H,31,32). The van der Waals surface area contributed by atoms with Gasteiger partial charge in [0.1, 0.15) is 11.5 Å². The van der Waals surface area contributed by atoms with Crippen LogP contribution in [-0.2, 0) is 13.1 Å². The number of para-hydroxylation sites is 1. The van der Waals surface area contributed by atoms with Crippen LogP contribution in [0.4, 0.5) is 4.39 Å². The van der Waals surface area contributed by atoms with Gasteiger partial charge in [-0.05, 0) is 35.4 Å². The molecule has 0 bridgehead atoms. The van der Waals surface area contributed by atoms with E-state index in [9.17, 15) is 14.3 Å². The van der Waals surface area contributed by atoms with Crippen molar-refractivity contribution >= 4 is 16.9 Å². The van der Waals surface area contributed by atoms with Gasteiger partial charge in [0.2, 0.25) is 0 Å². The van der Waals surface area contributed by atoms with E-state index in [1.165, 1.54) is 22.4 Å². The van der Waals surface area contributed by atoms with Crippen molar-refractivity contribution in [1.82, 2.24) is 14.3 Å². The summed E-state index contributed by atoms with van der Waals surface area (Å²) in [6.45, 7) is 0.938. The average Bonchev–Trinajstić information content (AvgIpc) is 3.38. The van der Waals surface area contributed by atoms with Crippen LogP contribution in [0.2, 0.25) is 0 Å². The van der Waals surface area contributed by atoms with Gasteiger partial charge in [-0.3, -0.25) is 4.68 Å². The molecule has 32 heavy (non-hydrogen) atoms. The number of hydrogen-bond acceptors (Lipinski definition) is 2. The fourth-order valence-electron chi connectivity index (χ4n) is 3.97. The first kappa shape index (κ1) is 19.8. The first-order chi connectivity index (χ1) is 15.6. The number of fused-ring (bicyclic) bond motifs is 1. The Morgan fingerprint density at radius 2 is 1.56 bits per heavy atom. The first-order valence-corrected chi connectivity index (χ1v) is 10.3.